The fourth-order valence-corrected chi connectivity index (χ4v) is 5.27. The molecule has 0 bridgehead atoms. The van der Waals surface area contributed by atoms with Gasteiger partial charge in [-0.2, -0.15) is 0 Å². The minimum atomic E-state index is -0.372. The summed E-state index contributed by atoms with van der Waals surface area (Å²) in [6.45, 7) is 5.23. The van der Waals surface area contributed by atoms with Gasteiger partial charge in [-0.25, -0.2) is 4.79 Å². The van der Waals surface area contributed by atoms with E-state index in [9.17, 15) is 9.59 Å². The number of hydrogen-bond donors (Lipinski definition) is 1. The van der Waals surface area contributed by atoms with Crippen LogP contribution in [0.15, 0.2) is 36.4 Å². The number of nitrogens with one attached hydrogen (secondary N) is 1. The molecule has 2 aromatic rings. The van der Waals surface area contributed by atoms with Crippen molar-refractivity contribution in [2.75, 3.05) is 44.7 Å². The number of carbonyl (C=O) groups is 2. The summed E-state index contributed by atoms with van der Waals surface area (Å²) < 4.78 is 10.8. The molecule has 0 radical (unpaired) electrons. The Morgan fingerprint density at radius 2 is 1.91 bits per heavy atom. The van der Waals surface area contributed by atoms with Gasteiger partial charge in [0.15, 0.2) is 5.11 Å². The standard InChI is InChI=1S/C23H27N3O4S2/c1-2-29-22(28)17-15-19(16-7-4-3-5-8-16)32-20(17)24-23(31)26-12-10-25(11-13-26)21(27)18-9-6-14-30-18/h3-5,7-8,15,18H,2,6,9-14H2,1H3,(H,24,31). The van der Waals surface area contributed by atoms with Gasteiger partial charge < -0.3 is 24.6 Å². The topological polar surface area (TPSA) is 71.1 Å². The van der Waals surface area contributed by atoms with E-state index < -0.39 is 0 Å². The highest BCUT2D eigenvalue weighted by Crippen LogP contribution is 2.36. The van der Waals surface area contributed by atoms with Gasteiger partial charge in [0.2, 0.25) is 0 Å². The minimum Gasteiger partial charge on any atom is -0.462 e. The van der Waals surface area contributed by atoms with Crippen molar-refractivity contribution in [3.05, 3.63) is 42.0 Å². The second kappa shape index (κ2) is 10.4. The van der Waals surface area contributed by atoms with Crippen molar-refractivity contribution in [1.29, 1.82) is 0 Å². The van der Waals surface area contributed by atoms with Crippen LogP contribution in [0, 0.1) is 0 Å². The molecule has 3 heterocycles. The van der Waals surface area contributed by atoms with E-state index in [2.05, 4.69) is 5.32 Å². The molecule has 2 aliphatic rings. The van der Waals surface area contributed by atoms with E-state index in [0.717, 1.165) is 23.3 Å². The van der Waals surface area contributed by atoms with Crippen LogP contribution in [0.4, 0.5) is 5.00 Å². The normalized spacial score (nSPS) is 18.5. The molecule has 32 heavy (non-hydrogen) atoms. The number of amides is 1. The summed E-state index contributed by atoms with van der Waals surface area (Å²) >= 11 is 7.12. The van der Waals surface area contributed by atoms with Gasteiger partial charge in [-0.3, -0.25) is 4.79 Å². The molecular formula is C23H27N3O4S2. The maximum absolute atomic E-state index is 12.6. The number of nitrogens with zero attached hydrogens (tertiary/aromatic N) is 2. The zero-order chi connectivity index (χ0) is 22.5. The number of anilines is 1. The van der Waals surface area contributed by atoms with Crippen molar-refractivity contribution < 1.29 is 19.1 Å². The maximum atomic E-state index is 12.6. The molecule has 170 valence electrons. The number of carbonyl (C=O) groups excluding carboxylic acids is 2. The third-order valence-corrected chi connectivity index (χ3v) is 7.05. The first-order chi connectivity index (χ1) is 15.6. The lowest BCUT2D eigenvalue weighted by molar-refractivity contribution is -0.142. The quantitative estimate of drug-likeness (QED) is 0.525. The highest BCUT2D eigenvalue weighted by molar-refractivity contribution is 7.80. The molecule has 2 saturated heterocycles. The molecule has 0 spiro atoms. The molecular weight excluding hydrogens is 446 g/mol. The fraction of sp³-hybridized carbons (Fsp3) is 0.435. The highest BCUT2D eigenvalue weighted by atomic mass is 32.1. The first kappa shape index (κ1) is 22.7. The van der Waals surface area contributed by atoms with Crippen LogP contribution in [0.2, 0.25) is 0 Å². The molecule has 9 heteroatoms. The average molecular weight is 474 g/mol. The van der Waals surface area contributed by atoms with Gasteiger partial charge >= 0.3 is 5.97 Å². The molecule has 1 atom stereocenters. The van der Waals surface area contributed by atoms with Crippen molar-refractivity contribution in [2.45, 2.75) is 25.9 Å². The zero-order valence-corrected chi connectivity index (χ0v) is 19.7. The van der Waals surface area contributed by atoms with E-state index in [1.807, 2.05) is 46.2 Å². The molecule has 4 rings (SSSR count). The second-order valence-electron chi connectivity index (χ2n) is 7.68. The van der Waals surface area contributed by atoms with Crippen LogP contribution in [0.1, 0.15) is 30.1 Å². The Balaban J connectivity index is 1.42. The largest absolute Gasteiger partial charge is 0.462 e. The number of esters is 1. The van der Waals surface area contributed by atoms with E-state index in [-0.39, 0.29) is 18.0 Å². The van der Waals surface area contributed by atoms with E-state index in [4.69, 9.17) is 21.7 Å². The molecule has 1 N–H and O–H groups in total. The summed E-state index contributed by atoms with van der Waals surface area (Å²) in [7, 11) is 0. The number of hydrogen-bond acceptors (Lipinski definition) is 6. The summed E-state index contributed by atoms with van der Waals surface area (Å²) in [6.07, 6.45) is 1.46. The summed E-state index contributed by atoms with van der Waals surface area (Å²) in [4.78, 5) is 30.0. The van der Waals surface area contributed by atoms with E-state index in [1.54, 1.807) is 6.92 Å². The first-order valence-electron chi connectivity index (χ1n) is 10.9. The predicted octanol–water partition coefficient (Wildman–Crippen LogP) is 3.61. The van der Waals surface area contributed by atoms with Crippen LogP contribution < -0.4 is 5.32 Å². The smallest absolute Gasteiger partial charge is 0.341 e. The highest BCUT2D eigenvalue weighted by Gasteiger charge is 2.31. The zero-order valence-electron chi connectivity index (χ0n) is 18.0. The molecule has 1 amide bonds. The Hall–Kier alpha value is -2.49. The van der Waals surface area contributed by atoms with Gasteiger partial charge in [0, 0.05) is 37.7 Å². The molecule has 7 nitrogen and oxygen atoms in total. The lowest BCUT2D eigenvalue weighted by Gasteiger charge is -2.37. The Labute approximate surface area is 197 Å². The Kier molecular flexibility index (Phi) is 7.39. The number of piperazine rings is 1. The molecule has 1 aromatic carbocycles. The van der Waals surface area contributed by atoms with Crippen LogP contribution in [0.5, 0.6) is 0 Å². The van der Waals surface area contributed by atoms with Crippen molar-refractivity contribution in [1.82, 2.24) is 9.80 Å². The number of benzene rings is 1. The van der Waals surface area contributed by atoms with Crippen molar-refractivity contribution in [3.63, 3.8) is 0 Å². The van der Waals surface area contributed by atoms with Crippen LogP contribution >= 0.6 is 23.6 Å². The number of ether oxygens (including phenoxy) is 2. The van der Waals surface area contributed by atoms with E-state index >= 15 is 0 Å². The van der Waals surface area contributed by atoms with Gasteiger partial charge in [0.05, 0.1) is 12.2 Å². The molecule has 1 unspecified atom stereocenters. The Bertz CT molecular complexity index is 965. The van der Waals surface area contributed by atoms with Crippen LogP contribution in [0.3, 0.4) is 0 Å². The predicted molar refractivity (Wildman–Crippen MR) is 129 cm³/mol. The molecule has 1 aromatic heterocycles. The van der Waals surface area contributed by atoms with Crippen molar-refractivity contribution in [3.8, 4) is 10.4 Å². The molecule has 2 fully saturated rings. The molecule has 0 aliphatic carbocycles. The maximum Gasteiger partial charge on any atom is 0.341 e. The lowest BCUT2D eigenvalue weighted by Crippen LogP contribution is -2.53. The lowest BCUT2D eigenvalue weighted by atomic mass is 10.1. The summed E-state index contributed by atoms with van der Waals surface area (Å²) in [5.74, 6) is -0.292. The second-order valence-corrected chi connectivity index (χ2v) is 9.12. The first-order valence-corrected chi connectivity index (χ1v) is 12.1. The van der Waals surface area contributed by atoms with Crippen LogP contribution in [-0.2, 0) is 14.3 Å². The molecule has 0 saturated carbocycles. The van der Waals surface area contributed by atoms with Gasteiger partial charge in [0.25, 0.3) is 5.91 Å². The SMILES string of the molecule is CCOC(=O)c1cc(-c2ccccc2)sc1NC(=S)N1CCN(C(=O)C2CCCO2)CC1. The molecule has 2 aliphatic heterocycles. The summed E-state index contributed by atoms with van der Waals surface area (Å²) in [5, 5.41) is 4.47. The van der Waals surface area contributed by atoms with Crippen molar-refractivity contribution >= 4 is 45.5 Å². The number of rotatable bonds is 5. The monoisotopic (exact) mass is 473 g/mol. The number of thiophene rings is 1. The number of thiocarbonyl (C=S) groups is 1. The van der Waals surface area contributed by atoms with Gasteiger partial charge in [-0.15, -0.1) is 11.3 Å². The van der Waals surface area contributed by atoms with Crippen molar-refractivity contribution in [2.24, 2.45) is 0 Å². The van der Waals surface area contributed by atoms with Gasteiger partial charge in [0.1, 0.15) is 11.1 Å². The van der Waals surface area contributed by atoms with Crippen LogP contribution in [-0.4, -0.2) is 72.3 Å². The third kappa shape index (κ3) is 5.11. The minimum absolute atomic E-state index is 0.0800. The summed E-state index contributed by atoms with van der Waals surface area (Å²) in [6, 6.07) is 11.8. The average Bonchev–Trinajstić information content (AvgIpc) is 3.50. The Morgan fingerprint density at radius 1 is 1.19 bits per heavy atom. The van der Waals surface area contributed by atoms with E-state index in [1.165, 1.54) is 11.3 Å². The Morgan fingerprint density at radius 3 is 2.56 bits per heavy atom. The van der Waals surface area contributed by atoms with Gasteiger partial charge in [-0.1, -0.05) is 30.3 Å². The third-order valence-electron chi connectivity index (χ3n) is 5.59. The van der Waals surface area contributed by atoms with E-state index in [0.29, 0.717) is 55.1 Å². The van der Waals surface area contributed by atoms with Gasteiger partial charge in [-0.05, 0) is 43.6 Å². The summed E-state index contributed by atoms with van der Waals surface area (Å²) in [5.41, 5.74) is 1.51. The fourth-order valence-electron chi connectivity index (χ4n) is 3.87. The van der Waals surface area contributed by atoms with Crippen LogP contribution in [0.25, 0.3) is 10.4 Å².